The summed E-state index contributed by atoms with van der Waals surface area (Å²) >= 11 is 3.12. The molecule has 0 radical (unpaired) electrons. The second-order valence-electron chi connectivity index (χ2n) is 6.25. The number of rotatable bonds is 6. The summed E-state index contributed by atoms with van der Waals surface area (Å²) in [7, 11) is 1.39. The number of fused-ring (bicyclic) bond motifs is 1. The number of aromatic nitrogens is 1. The van der Waals surface area contributed by atoms with Crippen LogP contribution in [-0.4, -0.2) is 18.0 Å². The second kappa shape index (κ2) is 8.26. The Morgan fingerprint density at radius 1 is 1.31 bits per heavy atom. The van der Waals surface area contributed by atoms with E-state index in [0.717, 1.165) is 21.0 Å². The number of nitrogens with zero attached hydrogens (tertiary/aromatic N) is 1. The van der Waals surface area contributed by atoms with E-state index in [4.69, 9.17) is 9.15 Å². The Morgan fingerprint density at radius 2 is 2.14 bits per heavy atom. The number of benzene rings is 2. The molecule has 2 aromatic heterocycles. The van der Waals surface area contributed by atoms with Gasteiger partial charge in [0.1, 0.15) is 9.92 Å². The van der Waals surface area contributed by atoms with Crippen LogP contribution in [0.1, 0.15) is 21.8 Å². The van der Waals surface area contributed by atoms with Gasteiger partial charge in [-0.05, 0) is 25.1 Å². The van der Waals surface area contributed by atoms with Crippen LogP contribution < -0.4 is 10.1 Å². The molecule has 2 heterocycles. The standard InChI is InChI=1S/C21H17FN2O3S2/c1-12-10-28-21(23-12)29-11-15-14-5-3-4-6-17(14)27-19(15)20(25)24-13-7-8-18(26-2)16(22)9-13/h3-10H,11H2,1-2H3,(H,24,25). The Balaban J connectivity index is 1.63. The van der Waals surface area contributed by atoms with E-state index in [9.17, 15) is 9.18 Å². The molecule has 0 spiro atoms. The number of nitrogens with one attached hydrogen (secondary N) is 1. The highest BCUT2D eigenvalue weighted by Gasteiger charge is 2.21. The fraction of sp³-hybridized carbons (Fsp3) is 0.143. The summed E-state index contributed by atoms with van der Waals surface area (Å²) in [6.07, 6.45) is 0. The molecule has 0 saturated carbocycles. The fourth-order valence-corrected chi connectivity index (χ4v) is 4.77. The minimum Gasteiger partial charge on any atom is -0.494 e. The molecule has 148 valence electrons. The number of aryl methyl sites for hydroxylation is 1. The first-order valence-electron chi connectivity index (χ1n) is 8.75. The SMILES string of the molecule is COc1ccc(NC(=O)c2oc3ccccc3c2CSc2nc(C)cs2)cc1F. The summed E-state index contributed by atoms with van der Waals surface area (Å²) in [6.45, 7) is 1.95. The molecule has 8 heteroatoms. The molecule has 0 bridgehead atoms. The van der Waals surface area contributed by atoms with E-state index in [2.05, 4.69) is 10.3 Å². The Hall–Kier alpha value is -2.84. The van der Waals surface area contributed by atoms with Crippen LogP contribution in [0.3, 0.4) is 0 Å². The van der Waals surface area contributed by atoms with Gasteiger partial charge < -0.3 is 14.5 Å². The van der Waals surface area contributed by atoms with Gasteiger partial charge in [0, 0.05) is 39.5 Å². The molecular weight excluding hydrogens is 411 g/mol. The quantitative estimate of drug-likeness (QED) is 0.388. The van der Waals surface area contributed by atoms with Gasteiger partial charge in [0.25, 0.3) is 5.91 Å². The fourth-order valence-electron chi connectivity index (χ4n) is 2.89. The summed E-state index contributed by atoms with van der Waals surface area (Å²) in [5.74, 6) is -0.128. The third-order valence-corrected chi connectivity index (χ3v) is 6.42. The zero-order chi connectivity index (χ0) is 20.4. The van der Waals surface area contributed by atoms with Crippen LogP contribution in [0.15, 0.2) is 56.6 Å². The lowest BCUT2D eigenvalue weighted by Crippen LogP contribution is -2.13. The van der Waals surface area contributed by atoms with E-state index in [0.29, 0.717) is 17.0 Å². The molecule has 0 aliphatic rings. The number of amides is 1. The molecule has 4 rings (SSSR count). The van der Waals surface area contributed by atoms with Gasteiger partial charge >= 0.3 is 0 Å². The second-order valence-corrected chi connectivity index (χ2v) is 8.33. The number of halogens is 1. The van der Waals surface area contributed by atoms with Gasteiger partial charge in [-0.15, -0.1) is 11.3 Å². The van der Waals surface area contributed by atoms with Gasteiger partial charge in [-0.25, -0.2) is 9.37 Å². The summed E-state index contributed by atoms with van der Waals surface area (Å²) in [6, 6.07) is 11.8. The first kappa shape index (κ1) is 19.5. The van der Waals surface area contributed by atoms with Crippen LogP contribution in [0, 0.1) is 12.7 Å². The topological polar surface area (TPSA) is 64.4 Å². The number of thioether (sulfide) groups is 1. The number of thiazole rings is 1. The highest BCUT2D eigenvalue weighted by molar-refractivity contribution is 8.00. The maximum atomic E-state index is 14.0. The van der Waals surface area contributed by atoms with Crippen molar-refractivity contribution in [2.24, 2.45) is 0 Å². The van der Waals surface area contributed by atoms with Crippen molar-refractivity contribution in [2.45, 2.75) is 17.0 Å². The number of ether oxygens (including phenoxy) is 1. The molecule has 0 aliphatic carbocycles. The highest BCUT2D eigenvalue weighted by atomic mass is 32.2. The summed E-state index contributed by atoms with van der Waals surface area (Å²) in [4.78, 5) is 17.4. The molecule has 1 N–H and O–H groups in total. The van der Waals surface area contributed by atoms with Gasteiger partial charge in [-0.3, -0.25) is 4.79 Å². The predicted octanol–water partition coefficient (Wildman–Crippen LogP) is 5.89. The van der Waals surface area contributed by atoms with E-state index in [-0.39, 0.29) is 11.5 Å². The lowest BCUT2D eigenvalue weighted by molar-refractivity contribution is 0.0998. The van der Waals surface area contributed by atoms with Crippen LogP contribution in [0.4, 0.5) is 10.1 Å². The molecule has 1 amide bonds. The number of furan rings is 1. The smallest absolute Gasteiger partial charge is 0.291 e. The van der Waals surface area contributed by atoms with Crippen molar-refractivity contribution in [3.8, 4) is 5.75 Å². The first-order valence-corrected chi connectivity index (χ1v) is 10.6. The summed E-state index contributed by atoms with van der Waals surface area (Å²) in [5, 5.41) is 5.57. The monoisotopic (exact) mass is 428 g/mol. The van der Waals surface area contributed by atoms with Crippen molar-refractivity contribution < 1.29 is 18.3 Å². The van der Waals surface area contributed by atoms with E-state index >= 15 is 0 Å². The molecule has 29 heavy (non-hydrogen) atoms. The minimum atomic E-state index is -0.551. The van der Waals surface area contributed by atoms with E-state index in [1.165, 1.54) is 19.2 Å². The van der Waals surface area contributed by atoms with Crippen molar-refractivity contribution in [2.75, 3.05) is 12.4 Å². The van der Waals surface area contributed by atoms with Crippen LogP contribution in [-0.2, 0) is 5.75 Å². The predicted molar refractivity (Wildman–Crippen MR) is 114 cm³/mol. The van der Waals surface area contributed by atoms with E-state index < -0.39 is 11.7 Å². The van der Waals surface area contributed by atoms with Crippen molar-refractivity contribution in [3.63, 3.8) is 0 Å². The first-order chi connectivity index (χ1) is 14.0. The number of hydrogen-bond donors (Lipinski definition) is 1. The Morgan fingerprint density at radius 3 is 2.86 bits per heavy atom. The van der Waals surface area contributed by atoms with Gasteiger partial charge in [0.15, 0.2) is 17.3 Å². The molecule has 0 fully saturated rings. The zero-order valence-corrected chi connectivity index (χ0v) is 17.3. The third kappa shape index (κ3) is 4.13. The number of anilines is 1. The number of carbonyl (C=O) groups is 1. The average Bonchev–Trinajstić information content (AvgIpc) is 3.29. The van der Waals surface area contributed by atoms with Crippen molar-refractivity contribution >= 4 is 45.7 Å². The van der Waals surface area contributed by atoms with E-state index in [1.54, 1.807) is 29.2 Å². The summed E-state index contributed by atoms with van der Waals surface area (Å²) in [5.41, 5.74) is 2.70. The lowest BCUT2D eigenvalue weighted by Gasteiger charge is -2.07. The van der Waals surface area contributed by atoms with Gasteiger partial charge in [0.2, 0.25) is 0 Å². The van der Waals surface area contributed by atoms with Crippen LogP contribution >= 0.6 is 23.1 Å². The van der Waals surface area contributed by atoms with E-state index in [1.807, 2.05) is 36.6 Å². The molecule has 0 unspecified atom stereocenters. The normalized spacial score (nSPS) is 11.0. The number of para-hydroxylation sites is 1. The van der Waals surface area contributed by atoms with Crippen LogP contribution in [0.5, 0.6) is 5.75 Å². The van der Waals surface area contributed by atoms with Gasteiger partial charge in [-0.2, -0.15) is 0 Å². The molecular formula is C21H17FN2O3S2. The number of hydrogen-bond acceptors (Lipinski definition) is 6. The minimum absolute atomic E-state index is 0.113. The molecule has 4 aromatic rings. The molecule has 2 aromatic carbocycles. The van der Waals surface area contributed by atoms with Crippen LogP contribution in [0.25, 0.3) is 11.0 Å². The third-order valence-electron chi connectivity index (χ3n) is 4.25. The highest BCUT2D eigenvalue weighted by Crippen LogP contribution is 2.33. The maximum Gasteiger partial charge on any atom is 0.291 e. The Labute approximate surface area is 174 Å². The van der Waals surface area contributed by atoms with Crippen LogP contribution in [0.2, 0.25) is 0 Å². The van der Waals surface area contributed by atoms with Crippen molar-refractivity contribution in [1.82, 2.24) is 4.98 Å². The zero-order valence-electron chi connectivity index (χ0n) is 15.7. The molecule has 0 saturated heterocycles. The Bertz CT molecular complexity index is 1190. The van der Waals surface area contributed by atoms with Gasteiger partial charge in [-0.1, -0.05) is 30.0 Å². The number of methoxy groups -OCH3 is 1. The summed E-state index contributed by atoms with van der Waals surface area (Å²) < 4.78 is 25.6. The lowest BCUT2D eigenvalue weighted by atomic mass is 10.1. The van der Waals surface area contributed by atoms with Crippen molar-refractivity contribution in [3.05, 3.63) is 70.7 Å². The maximum absolute atomic E-state index is 14.0. The molecule has 5 nitrogen and oxygen atoms in total. The molecule has 0 aliphatic heterocycles. The van der Waals surface area contributed by atoms with Crippen molar-refractivity contribution in [1.29, 1.82) is 0 Å². The average molecular weight is 429 g/mol. The van der Waals surface area contributed by atoms with Gasteiger partial charge in [0.05, 0.1) is 7.11 Å². The molecule has 0 atom stereocenters. The number of carbonyl (C=O) groups excluding carboxylic acids is 1. The largest absolute Gasteiger partial charge is 0.494 e. The Kier molecular flexibility index (Phi) is 5.55.